The Morgan fingerprint density at radius 2 is 2.20 bits per heavy atom. The number of halogens is 1. The minimum atomic E-state index is -3.93. The molecule has 3 N–H and O–H groups in total. The third-order valence-electron chi connectivity index (χ3n) is 2.75. The Balaban J connectivity index is 2.14. The second-order valence-corrected chi connectivity index (χ2v) is 6.08. The lowest BCUT2D eigenvalue weighted by Gasteiger charge is -2.10. The predicted octanol–water partition coefficient (Wildman–Crippen LogP) is 0.891. The van der Waals surface area contributed by atoms with Gasteiger partial charge in [0.2, 0.25) is 10.0 Å². The molecule has 8 heteroatoms. The molecule has 0 amide bonds. The van der Waals surface area contributed by atoms with Crippen molar-refractivity contribution in [1.29, 1.82) is 0 Å². The van der Waals surface area contributed by atoms with Crippen LogP contribution in [0, 0.1) is 12.7 Å². The Hall–Kier alpha value is -1.93. The summed E-state index contributed by atoms with van der Waals surface area (Å²) in [6, 6.07) is 2.50. The Morgan fingerprint density at radius 1 is 1.45 bits per heavy atom. The highest BCUT2D eigenvalue weighted by atomic mass is 32.2. The SMILES string of the molecule is Cc1cc(N)cc(S(=O)(=O)NCCn2ccnc2)c1F. The van der Waals surface area contributed by atoms with E-state index in [2.05, 4.69) is 9.71 Å². The maximum atomic E-state index is 13.9. The van der Waals surface area contributed by atoms with Gasteiger partial charge < -0.3 is 10.3 Å². The predicted molar refractivity (Wildman–Crippen MR) is 73.0 cm³/mol. The summed E-state index contributed by atoms with van der Waals surface area (Å²) in [6.45, 7) is 2.00. The number of nitrogens with zero attached hydrogens (tertiary/aromatic N) is 2. The molecule has 0 saturated heterocycles. The second-order valence-electron chi connectivity index (χ2n) is 4.35. The van der Waals surface area contributed by atoms with Crippen LogP contribution in [0.3, 0.4) is 0 Å². The molecule has 2 rings (SSSR count). The summed E-state index contributed by atoms with van der Waals surface area (Å²) in [4.78, 5) is 3.41. The number of nitrogen functional groups attached to an aromatic ring is 1. The van der Waals surface area contributed by atoms with Crippen molar-refractivity contribution in [2.45, 2.75) is 18.4 Å². The van der Waals surface area contributed by atoms with Gasteiger partial charge in [-0.3, -0.25) is 0 Å². The highest BCUT2D eigenvalue weighted by molar-refractivity contribution is 7.89. The van der Waals surface area contributed by atoms with Crippen molar-refractivity contribution in [3.8, 4) is 0 Å². The number of aryl methyl sites for hydroxylation is 1. The summed E-state index contributed by atoms with van der Waals surface area (Å²) in [7, 11) is -3.93. The zero-order valence-corrected chi connectivity index (χ0v) is 11.7. The Morgan fingerprint density at radius 3 is 2.85 bits per heavy atom. The maximum Gasteiger partial charge on any atom is 0.243 e. The van der Waals surface area contributed by atoms with Crippen LogP contribution in [-0.2, 0) is 16.6 Å². The minimum Gasteiger partial charge on any atom is -0.399 e. The molecular formula is C12H15FN4O2S. The zero-order chi connectivity index (χ0) is 14.8. The number of anilines is 1. The van der Waals surface area contributed by atoms with Crippen molar-refractivity contribution in [3.05, 3.63) is 42.2 Å². The average Bonchev–Trinajstić information content (AvgIpc) is 2.86. The van der Waals surface area contributed by atoms with E-state index < -0.39 is 20.7 Å². The summed E-state index contributed by atoms with van der Waals surface area (Å²) in [5.41, 5.74) is 5.96. The van der Waals surface area contributed by atoms with Crippen LogP contribution in [0.1, 0.15) is 5.56 Å². The van der Waals surface area contributed by atoms with E-state index in [-0.39, 0.29) is 17.8 Å². The molecule has 0 bridgehead atoms. The standard InChI is InChI=1S/C12H15FN4O2S/c1-9-6-10(14)7-11(12(9)13)20(18,19)16-3-5-17-4-2-15-8-17/h2,4,6-8,16H,3,5,14H2,1H3. The van der Waals surface area contributed by atoms with E-state index in [0.29, 0.717) is 6.54 Å². The quantitative estimate of drug-likeness (QED) is 0.802. The maximum absolute atomic E-state index is 13.9. The van der Waals surface area contributed by atoms with E-state index in [0.717, 1.165) is 6.07 Å². The molecule has 0 radical (unpaired) electrons. The second kappa shape index (κ2) is 5.59. The molecule has 0 atom stereocenters. The topological polar surface area (TPSA) is 90.0 Å². The largest absolute Gasteiger partial charge is 0.399 e. The molecule has 20 heavy (non-hydrogen) atoms. The van der Waals surface area contributed by atoms with Crippen molar-refractivity contribution in [1.82, 2.24) is 14.3 Å². The fourth-order valence-corrected chi connectivity index (χ4v) is 2.97. The normalized spacial score (nSPS) is 11.7. The summed E-state index contributed by atoms with van der Waals surface area (Å²) in [6.07, 6.45) is 4.87. The lowest BCUT2D eigenvalue weighted by molar-refractivity contribution is 0.548. The van der Waals surface area contributed by atoms with E-state index in [1.165, 1.54) is 13.0 Å². The van der Waals surface area contributed by atoms with Gasteiger partial charge >= 0.3 is 0 Å². The molecule has 0 aliphatic heterocycles. The van der Waals surface area contributed by atoms with Crippen molar-refractivity contribution in [2.24, 2.45) is 0 Å². The average molecular weight is 298 g/mol. The molecule has 1 aromatic heterocycles. The summed E-state index contributed by atoms with van der Waals surface area (Å²) < 4.78 is 42.0. The molecule has 0 aliphatic carbocycles. The first-order valence-electron chi connectivity index (χ1n) is 5.91. The molecule has 0 spiro atoms. The van der Waals surface area contributed by atoms with Crippen molar-refractivity contribution in [2.75, 3.05) is 12.3 Å². The number of sulfonamides is 1. The van der Waals surface area contributed by atoms with E-state index in [1.54, 1.807) is 23.3 Å². The Kier molecular flexibility index (Phi) is 4.05. The van der Waals surface area contributed by atoms with Gasteiger partial charge in [-0.15, -0.1) is 0 Å². The summed E-state index contributed by atoms with van der Waals surface area (Å²) in [5, 5.41) is 0. The third-order valence-corrected chi connectivity index (χ3v) is 4.21. The van der Waals surface area contributed by atoms with Gasteiger partial charge in [0.15, 0.2) is 0 Å². The molecular weight excluding hydrogens is 283 g/mol. The fraction of sp³-hybridized carbons (Fsp3) is 0.250. The van der Waals surface area contributed by atoms with E-state index in [4.69, 9.17) is 5.73 Å². The van der Waals surface area contributed by atoms with Crippen LogP contribution >= 0.6 is 0 Å². The lowest BCUT2D eigenvalue weighted by Crippen LogP contribution is -2.28. The van der Waals surface area contributed by atoms with Gasteiger partial charge in [-0.1, -0.05) is 0 Å². The van der Waals surface area contributed by atoms with Gasteiger partial charge in [0.05, 0.1) is 6.33 Å². The van der Waals surface area contributed by atoms with Crippen LogP contribution in [0.2, 0.25) is 0 Å². The van der Waals surface area contributed by atoms with E-state index >= 15 is 0 Å². The molecule has 1 aromatic carbocycles. The lowest BCUT2D eigenvalue weighted by atomic mass is 10.2. The van der Waals surface area contributed by atoms with Crippen molar-refractivity contribution in [3.63, 3.8) is 0 Å². The molecule has 6 nitrogen and oxygen atoms in total. The number of hydrogen-bond acceptors (Lipinski definition) is 4. The molecule has 108 valence electrons. The Bertz CT molecular complexity index is 698. The van der Waals surface area contributed by atoms with Gasteiger partial charge in [-0.25, -0.2) is 22.5 Å². The van der Waals surface area contributed by atoms with Gasteiger partial charge in [0, 0.05) is 31.2 Å². The van der Waals surface area contributed by atoms with Crippen LogP contribution in [0.25, 0.3) is 0 Å². The van der Waals surface area contributed by atoms with Gasteiger partial charge in [0.25, 0.3) is 0 Å². The number of hydrogen-bond donors (Lipinski definition) is 2. The number of nitrogens with one attached hydrogen (secondary N) is 1. The summed E-state index contributed by atoms with van der Waals surface area (Å²) >= 11 is 0. The van der Waals surface area contributed by atoms with E-state index in [9.17, 15) is 12.8 Å². The highest BCUT2D eigenvalue weighted by Crippen LogP contribution is 2.21. The van der Waals surface area contributed by atoms with Crippen molar-refractivity contribution >= 4 is 15.7 Å². The van der Waals surface area contributed by atoms with E-state index in [1.807, 2.05) is 0 Å². The number of benzene rings is 1. The number of nitrogens with two attached hydrogens (primary N) is 1. The van der Waals surface area contributed by atoms with Crippen LogP contribution in [0.5, 0.6) is 0 Å². The van der Waals surface area contributed by atoms with Crippen molar-refractivity contribution < 1.29 is 12.8 Å². The van der Waals surface area contributed by atoms with Gasteiger partial charge in [-0.05, 0) is 24.6 Å². The highest BCUT2D eigenvalue weighted by Gasteiger charge is 2.20. The number of imidazole rings is 1. The van der Waals surface area contributed by atoms with Crippen LogP contribution < -0.4 is 10.5 Å². The zero-order valence-electron chi connectivity index (χ0n) is 10.9. The van der Waals surface area contributed by atoms with Crippen LogP contribution in [-0.4, -0.2) is 24.5 Å². The number of aromatic nitrogens is 2. The third kappa shape index (κ3) is 3.14. The first-order valence-corrected chi connectivity index (χ1v) is 7.39. The van der Waals surface area contributed by atoms with Crippen LogP contribution in [0.4, 0.5) is 10.1 Å². The monoisotopic (exact) mass is 298 g/mol. The number of rotatable bonds is 5. The molecule has 0 saturated carbocycles. The molecule has 1 heterocycles. The smallest absolute Gasteiger partial charge is 0.243 e. The molecule has 0 fully saturated rings. The summed E-state index contributed by atoms with van der Waals surface area (Å²) in [5.74, 6) is -0.783. The first kappa shape index (κ1) is 14.5. The Labute approximate surface area is 116 Å². The minimum absolute atomic E-state index is 0.131. The first-order chi connectivity index (χ1) is 9.40. The van der Waals surface area contributed by atoms with Crippen LogP contribution in [0.15, 0.2) is 35.7 Å². The molecule has 0 aliphatic rings. The van der Waals surface area contributed by atoms with Gasteiger partial charge in [-0.2, -0.15) is 0 Å². The van der Waals surface area contributed by atoms with Gasteiger partial charge in [0.1, 0.15) is 10.7 Å². The fourth-order valence-electron chi connectivity index (χ4n) is 1.77. The molecule has 0 unspecified atom stereocenters. The molecule has 2 aromatic rings.